The molecule has 0 amide bonds. The van der Waals surface area contributed by atoms with Gasteiger partial charge in [0.05, 0.1) is 0 Å². The SMILES string of the molecule is CCCCCCCC.CCCCCCCC.O=P([O-])([O-])[O-].O=P([O-])([O-])[O-]. The maximum atomic E-state index is 8.55. The summed E-state index contributed by atoms with van der Waals surface area (Å²) in [7, 11) is -10.8. The molecule has 0 rings (SSSR count). The molecule has 8 nitrogen and oxygen atoms in total. The molecule has 0 radical (unpaired) electrons. The van der Waals surface area contributed by atoms with Crippen LogP contribution < -0.4 is 29.4 Å². The molecule has 0 heterocycles. The lowest BCUT2D eigenvalue weighted by Gasteiger charge is -2.36. The van der Waals surface area contributed by atoms with E-state index in [1.165, 1.54) is 77.0 Å². The Kier molecular flexibility index (Phi) is 32.8. The summed E-state index contributed by atoms with van der Waals surface area (Å²) in [5.74, 6) is 0. The lowest BCUT2D eigenvalue weighted by atomic mass is 10.1. The number of phosphoric acid groups is 2. The highest BCUT2D eigenvalue weighted by Gasteiger charge is 1.84. The fourth-order valence-corrected chi connectivity index (χ4v) is 1.71. The Hall–Kier alpha value is 0.220. The van der Waals surface area contributed by atoms with Gasteiger partial charge in [-0.2, -0.15) is 15.6 Å². The smallest absolute Gasteiger partial charge is 0.0533 e. The minimum Gasteiger partial charge on any atom is -0.822 e. The van der Waals surface area contributed by atoms with Crippen molar-refractivity contribution in [1.82, 2.24) is 0 Å². The summed E-state index contributed by atoms with van der Waals surface area (Å²) in [4.78, 5) is 51.3. The second-order valence-corrected chi connectivity index (χ2v) is 7.51. The standard InChI is InChI=1S/2C8H18.2H3O4P/c2*1-3-5-7-8-6-4-2;2*1-5(2,3)4/h2*3-8H2,1-2H3;2*(H3,1,2,3,4)/p-6. The third-order valence-corrected chi connectivity index (χ3v) is 2.91. The summed E-state index contributed by atoms with van der Waals surface area (Å²) in [5.41, 5.74) is 0. The highest BCUT2D eigenvalue weighted by Crippen LogP contribution is 2.04. The zero-order valence-electron chi connectivity index (χ0n) is 16.6. The Morgan fingerprint density at radius 1 is 0.423 bits per heavy atom. The molecule has 0 aromatic rings. The Balaban J connectivity index is -0.000000127. The number of hydrogen-bond donors (Lipinski definition) is 0. The zero-order valence-corrected chi connectivity index (χ0v) is 18.4. The predicted octanol–water partition coefficient (Wildman–Crippen LogP) is 1.08. The third-order valence-electron chi connectivity index (χ3n) is 2.91. The van der Waals surface area contributed by atoms with Crippen LogP contribution in [0.4, 0.5) is 0 Å². The van der Waals surface area contributed by atoms with E-state index in [-0.39, 0.29) is 0 Å². The van der Waals surface area contributed by atoms with E-state index in [2.05, 4.69) is 27.7 Å². The first-order chi connectivity index (χ1) is 11.8. The van der Waals surface area contributed by atoms with Gasteiger partial charge < -0.3 is 38.5 Å². The predicted molar refractivity (Wildman–Crippen MR) is 93.3 cm³/mol. The van der Waals surface area contributed by atoms with E-state index >= 15 is 0 Å². The molecule has 0 saturated carbocycles. The fourth-order valence-electron chi connectivity index (χ4n) is 1.71. The van der Waals surface area contributed by atoms with Gasteiger partial charge in [0.1, 0.15) is 0 Å². The van der Waals surface area contributed by atoms with Gasteiger partial charge in [0.25, 0.3) is 0 Å². The van der Waals surface area contributed by atoms with E-state index in [9.17, 15) is 0 Å². The van der Waals surface area contributed by atoms with E-state index < -0.39 is 15.6 Å². The van der Waals surface area contributed by atoms with Crippen molar-refractivity contribution >= 4 is 15.6 Å². The lowest BCUT2D eigenvalue weighted by Crippen LogP contribution is -2.24. The van der Waals surface area contributed by atoms with Crippen LogP contribution in [0.5, 0.6) is 0 Å². The van der Waals surface area contributed by atoms with Crippen LogP contribution in [0.15, 0.2) is 0 Å². The summed E-state index contributed by atoms with van der Waals surface area (Å²) in [5, 5.41) is 0. The zero-order chi connectivity index (χ0) is 21.5. The number of rotatable bonds is 10. The Labute approximate surface area is 159 Å². The molecular weight excluding hydrogens is 382 g/mol. The largest absolute Gasteiger partial charge is 0.822 e. The summed E-state index contributed by atoms with van der Waals surface area (Å²) >= 11 is 0. The molecule has 0 spiro atoms. The van der Waals surface area contributed by atoms with Crippen molar-refractivity contribution in [1.29, 1.82) is 0 Å². The van der Waals surface area contributed by atoms with Crippen LogP contribution in [0.3, 0.4) is 0 Å². The van der Waals surface area contributed by atoms with Gasteiger partial charge in [0, 0.05) is 0 Å². The van der Waals surface area contributed by atoms with Gasteiger partial charge in [0.15, 0.2) is 0 Å². The first-order valence-corrected chi connectivity index (χ1v) is 12.2. The van der Waals surface area contributed by atoms with Gasteiger partial charge >= 0.3 is 0 Å². The molecule has 0 bridgehead atoms. The van der Waals surface area contributed by atoms with E-state index in [1.54, 1.807) is 0 Å². The first-order valence-electron chi connectivity index (χ1n) is 9.29. The van der Waals surface area contributed by atoms with Crippen LogP contribution in [0.2, 0.25) is 0 Å². The van der Waals surface area contributed by atoms with Gasteiger partial charge in [-0.15, -0.1) is 0 Å². The molecule has 0 aromatic heterocycles. The van der Waals surface area contributed by atoms with Gasteiger partial charge in [-0.1, -0.05) is 105 Å². The number of hydrogen-bond acceptors (Lipinski definition) is 8. The topological polar surface area (TPSA) is 172 Å². The highest BCUT2D eigenvalue weighted by atomic mass is 31.2. The maximum Gasteiger partial charge on any atom is -0.0533 e. The second-order valence-electron chi connectivity index (χ2n) is 5.72. The molecule has 0 saturated heterocycles. The van der Waals surface area contributed by atoms with Crippen LogP contribution in [-0.2, 0) is 9.13 Å². The van der Waals surface area contributed by atoms with Crippen LogP contribution >= 0.6 is 15.6 Å². The van der Waals surface area contributed by atoms with Crippen molar-refractivity contribution in [2.24, 2.45) is 0 Å². The van der Waals surface area contributed by atoms with Gasteiger partial charge in [0.2, 0.25) is 0 Å². The molecule has 0 atom stereocenters. The van der Waals surface area contributed by atoms with Gasteiger partial charge in [-0.05, 0) is 0 Å². The van der Waals surface area contributed by atoms with Crippen molar-refractivity contribution in [3.63, 3.8) is 0 Å². The third kappa shape index (κ3) is 125. The van der Waals surface area contributed by atoms with E-state index in [4.69, 9.17) is 38.5 Å². The lowest BCUT2D eigenvalue weighted by molar-refractivity contribution is -0.434. The molecule has 0 aliphatic rings. The van der Waals surface area contributed by atoms with Gasteiger partial charge in [-0.3, -0.25) is 0 Å². The van der Waals surface area contributed by atoms with Crippen LogP contribution in [0.25, 0.3) is 0 Å². The Morgan fingerprint density at radius 2 is 0.538 bits per heavy atom. The van der Waals surface area contributed by atoms with Crippen LogP contribution in [-0.4, -0.2) is 0 Å². The Morgan fingerprint density at radius 3 is 0.615 bits per heavy atom. The molecule has 26 heavy (non-hydrogen) atoms. The normalized spacial score (nSPS) is 10.5. The minimum absolute atomic E-state index is 1.36. The summed E-state index contributed by atoms with van der Waals surface area (Å²) in [6, 6.07) is 0. The molecule has 0 aromatic carbocycles. The van der Waals surface area contributed by atoms with Crippen molar-refractivity contribution in [3.8, 4) is 0 Å². The molecule has 0 N–H and O–H groups in total. The average molecular weight is 418 g/mol. The number of unbranched alkanes of at least 4 members (excludes halogenated alkanes) is 10. The average Bonchev–Trinajstić information content (AvgIpc) is 2.46. The second kappa shape index (κ2) is 25.2. The van der Waals surface area contributed by atoms with Crippen LogP contribution in [0.1, 0.15) is 105 Å². The molecule has 10 heteroatoms. The summed E-state index contributed by atoms with van der Waals surface area (Å²) in [6.07, 6.45) is 17.0. The molecule has 0 aliphatic heterocycles. The Bertz CT molecular complexity index is 268. The molecule has 164 valence electrons. The minimum atomic E-state index is -5.39. The van der Waals surface area contributed by atoms with Gasteiger partial charge in [-0.25, -0.2) is 0 Å². The van der Waals surface area contributed by atoms with Crippen molar-refractivity contribution in [3.05, 3.63) is 0 Å². The fraction of sp³-hybridized carbons (Fsp3) is 1.00. The molecule has 0 fully saturated rings. The molecular formula is C16H36O8P2-6. The van der Waals surface area contributed by atoms with Crippen molar-refractivity contribution in [2.45, 2.75) is 105 Å². The van der Waals surface area contributed by atoms with Crippen molar-refractivity contribution in [2.75, 3.05) is 0 Å². The van der Waals surface area contributed by atoms with Crippen molar-refractivity contribution < 1.29 is 38.5 Å². The van der Waals surface area contributed by atoms with E-state index in [1.807, 2.05) is 0 Å². The summed E-state index contributed by atoms with van der Waals surface area (Å²) < 4.78 is 17.1. The van der Waals surface area contributed by atoms with E-state index in [0.717, 1.165) is 0 Å². The summed E-state index contributed by atoms with van der Waals surface area (Å²) in [6.45, 7) is 9.02. The first kappa shape index (κ1) is 33.8. The highest BCUT2D eigenvalue weighted by molar-refractivity contribution is 7.40. The quantitative estimate of drug-likeness (QED) is 0.374. The van der Waals surface area contributed by atoms with E-state index in [0.29, 0.717) is 0 Å². The molecule has 0 unspecified atom stereocenters. The molecule has 0 aliphatic carbocycles. The van der Waals surface area contributed by atoms with Crippen LogP contribution in [0, 0.1) is 0 Å². The monoisotopic (exact) mass is 418 g/mol. The maximum absolute atomic E-state index is 8.55.